The Morgan fingerprint density at radius 2 is 1.87 bits per heavy atom. The first-order valence-electron chi connectivity index (χ1n) is 7.09. The van der Waals surface area contributed by atoms with Gasteiger partial charge in [-0.25, -0.2) is 0 Å². The molecule has 23 heavy (non-hydrogen) atoms. The molecule has 0 fully saturated rings. The van der Waals surface area contributed by atoms with E-state index >= 15 is 0 Å². The molecule has 0 aliphatic heterocycles. The van der Waals surface area contributed by atoms with Crippen LogP contribution in [-0.2, 0) is 4.79 Å². The van der Waals surface area contributed by atoms with Crippen molar-refractivity contribution in [1.82, 2.24) is 0 Å². The van der Waals surface area contributed by atoms with Crippen LogP contribution in [0.2, 0.25) is 0 Å². The third kappa shape index (κ3) is 3.61. The van der Waals surface area contributed by atoms with Gasteiger partial charge in [-0.1, -0.05) is 0 Å². The first kappa shape index (κ1) is 16.4. The molecule has 0 aliphatic rings. The summed E-state index contributed by atoms with van der Waals surface area (Å²) in [7, 11) is 1.58. The van der Waals surface area contributed by atoms with Crippen LogP contribution in [0.25, 0.3) is 0 Å². The lowest BCUT2D eigenvalue weighted by Gasteiger charge is -2.24. The molecule has 0 saturated carbocycles. The molecule has 0 aliphatic carbocycles. The van der Waals surface area contributed by atoms with Crippen LogP contribution in [0.1, 0.15) is 28.3 Å². The predicted octanol–water partition coefficient (Wildman–Crippen LogP) is 2.09. The number of hydrogen-bond donors (Lipinski definition) is 1. The van der Waals surface area contributed by atoms with Crippen LogP contribution in [0, 0.1) is 25.2 Å². The van der Waals surface area contributed by atoms with Crippen LogP contribution in [0.5, 0.6) is 5.75 Å². The van der Waals surface area contributed by atoms with Crippen LogP contribution in [0.3, 0.4) is 0 Å². The van der Waals surface area contributed by atoms with Crippen LogP contribution in [-0.4, -0.2) is 13.1 Å². The lowest BCUT2D eigenvalue weighted by molar-refractivity contribution is -0.307. The Kier molecular flexibility index (Phi) is 4.87. The molecule has 0 spiro atoms. The molecule has 2 rings (SSSR count). The van der Waals surface area contributed by atoms with E-state index in [0.29, 0.717) is 22.6 Å². The van der Waals surface area contributed by atoms with Crippen molar-refractivity contribution in [2.75, 3.05) is 12.4 Å². The summed E-state index contributed by atoms with van der Waals surface area (Å²) in [5.74, 6) is -0.510. The van der Waals surface area contributed by atoms with E-state index in [1.807, 2.05) is 19.9 Å². The van der Waals surface area contributed by atoms with E-state index in [1.165, 1.54) is 0 Å². The number of nitrogens with one attached hydrogen (secondary N) is 1. The number of carboxylic acids is 1. The molecular formula is C18H17N2O3-. The molecule has 0 bridgehead atoms. The second-order valence-electron chi connectivity index (χ2n) is 5.26. The lowest BCUT2D eigenvalue weighted by atomic mass is 9.97. The summed E-state index contributed by atoms with van der Waals surface area (Å²) in [4.78, 5) is 11.6. The average Bonchev–Trinajstić information content (AvgIpc) is 2.55. The number of ether oxygens (including phenoxy) is 1. The highest BCUT2D eigenvalue weighted by molar-refractivity contribution is 5.78. The Balaban J connectivity index is 2.37. The molecule has 118 valence electrons. The van der Waals surface area contributed by atoms with Crippen molar-refractivity contribution in [3.63, 3.8) is 0 Å². The average molecular weight is 309 g/mol. The van der Waals surface area contributed by atoms with E-state index in [0.717, 1.165) is 11.1 Å². The Bertz CT molecular complexity index is 761. The monoisotopic (exact) mass is 309 g/mol. The van der Waals surface area contributed by atoms with Crippen molar-refractivity contribution in [1.29, 1.82) is 5.26 Å². The smallest absolute Gasteiger partial charge is 0.122 e. The number of carboxylic acid groups (broad SMARTS) is 1. The zero-order chi connectivity index (χ0) is 17.0. The third-order valence-electron chi connectivity index (χ3n) is 3.66. The van der Waals surface area contributed by atoms with E-state index in [1.54, 1.807) is 43.5 Å². The largest absolute Gasteiger partial charge is 0.548 e. The summed E-state index contributed by atoms with van der Waals surface area (Å²) < 4.78 is 5.25. The quantitative estimate of drug-likeness (QED) is 0.914. The van der Waals surface area contributed by atoms with Crippen molar-refractivity contribution < 1.29 is 14.6 Å². The second kappa shape index (κ2) is 6.84. The number of nitrogens with zero attached hydrogens (tertiary/aromatic N) is 1. The van der Waals surface area contributed by atoms with Gasteiger partial charge >= 0.3 is 0 Å². The summed E-state index contributed by atoms with van der Waals surface area (Å²) in [5.41, 5.74) is 3.37. The van der Waals surface area contributed by atoms with Gasteiger partial charge < -0.3 is 20.0 Å². The number of benzene rings is 2. The van der Waals surface area contributed by atoms with E-state index in [9.17, 15) is 9.90 Å². The van der Waals surface area contributed by atoms with Crippen molar-refractivity contribution in [2.24, 2.45) is 0 Å². The number of nitriles is 1. The summed E-state index contributed by atoms with van der Waals surface area (Å²) >= 11 is 0. The number of methoxy groups -OCH3 is 1. The Labute approximate surface area is 135 Å². The Hall–Kier alpha value is -3.00. The molecule has 1 unspecified atom stereocenters. The molecule has 0 amide bonds. The van der Waals surface area contributed by atoms with Crippen LogP contribution in [0.4, 0.5) is 5.69 Å². The molecule has 1 N–H and O–H groups in total. The molecule has 5 heteroatoms. The van der Waals surface area contributed by atoms with Crippen molar-refractivity contribution >= 4 is 11.7 Å². The highest BCUT2D eigenvalue weighted by Crippen LogP contribution is 2.28. The topological polar surface area (TPSA) is 85.2 Å². The highest BCUT2D eigenvalue weighted by atomic mass is 16.5. The molecular weight excluding hydrogens is 292 g/mol. The molecule has 0 radical (unpaired) electrons. The number of aryl methyl sites for hydroxylation is 2. The number of anilines is 1. The minimum absolute atomic E-state index is 0.511. The summed E-state index contributed by atoms with van der Waals surface area (Å²) in [6.45, 7) is 3.68. The van der Waals surface area contributed by atoms with Gasteiger partial charge in [0.15, 0.2) is 0 Å². The maximum absolute atomic E-state index is 11.6. The number of aliphatic carboxylic acids is 1. The predicted molar refractivity (Wildman–Crippen MR) is 85.0 cm³/mol. The first-order chi connectivity index (χ1) is 11.0. The number of carbonyl (C=O) groups excluding carboxylic acids is 1. The minimum atomic E-state index is -1.22. The van der Waals surface area contributed by atoms with Crippen molar-refractivity contribution in [3.05, 3.63) is 58.7 Å². The zero-order valence-corrected chi connectivity index (χ0v) is 13.2. The number of carbonyl (C=O) groups is 1. The summed E-state index contributed by atoms with van der Waals surface area (Å²) in [6, 6.07) is 11.2. The minimum Gasteiger partial charge on any atom is -0.548 e. The standard InChI is InChI=1S/C18H18N2O3/c1-11-9-16(23-3)12(2)8-15(11)17(18(21)22)20-14-6-4-13(10-19)5-7-14/h4-9,17,20H,1-3H3,(H,21,22)/p-1. The first-order valence-corrected chi connectivity index (χ1v) is 7.09. The third-order valence-corrected chi connectivity index (χ3v) is 3.66. The van der Waals surface area contributed by atoms with Gasteiger partial charge in [0, 0.05) is 5.69 Å². The van der Waals surface area contributed by atoms with Crippen LogP contribution in [0.15, 0.2) is 36.4 Å². The van der Waals surface area contributed by atoms with Gasteiger partial charge in [0.2, 0.25) is 0 Å². The van der Waals surface area contributed by atoms with Gasteiger partial charge in [-0.15, -0.1) is 0 Å². The molecule has 0 saturated heterocycles. The van der Waals surface area contributed by atoms with E-state index in [4.69, 9.17) is 10.00 Å². The second-order valence-corrected chi connectivity index (χ2v) is 5.26. The molecule has 0 aromatic heterocycles. The fraction of sp³-hybridized carbons (Fsp3) is 0.222. The van der Waals surface area contributed by atoms with Gasteiger partial charge in [-0.3, -0.25) is 0 Å². The van der Waals surface area contributed by atoms with Crippen molar-refractivity contribution in [2.45, 2.75) is 19.9 Å². The molecule has 5 nitrogen and oxygen atoms in total. The lowest BCUT2D eigenvalue weighted by Crippen LogP contribution is -2.34. The molecule has 2 aromatic rings. The highest BCUT2D eigenvalue weighted by Gasteiger charge is 2.17. The van der Waals surface area contributed by atoms with E-state index in [-0.39, 0.29) is 0 Å². The van der Waals surface area contributed by atoms with Gasteiger partial charge in [0.05, 0.1) is 30.8 Å². The molecule has 1 atom stereocenters. The van der Waals surface area contributed by atoms with Gasteiger partial charge in [0.1, 0.15) is 5.75 Å². The van der Waals surface area contributed by atoms with E-state index < -0.39 is 12.0 Å². The van der Waals surface area contributed by atoms with E-state index in [2.05, 4.69) is 5.32 Å². The fourth-order valence-electron chi connectivity index (χ4n) is 2.41. The number of rotatable bonds is 5. The van der Waals surface area contributed by atoms with Gasteiger partial charge in [-0.05, 0) is 66.9 Å². The normalized spacial score (nSPS) is 11.4. The van der Waals surface area contributed by atoms with Crippen LogP contribution >= 0.6 is 0 Å². The number of hydrogen-bond acceptors (Lipinski definition) is 5. The van der Waals surface area contributed by atoms with Gasteiger partial charge in [-0.2, -0.15) is 5.26 Å². The molecule has 0 heterocycles. The summed E-state index contributed by atoms with van der Waals surface area (Å²) in [6.07, 6.45) is 0. The molecule has 2 aromatic carbocycles. The maximum atomic E-state index is 11.6. The van der Waals surface area contributed by atoms with Crippen LogP contribution < -0.4 is 15.2 Å². The Morgan fingerprint density at radius 1 is 1.22 bits per heavy atom. The SMILES string of the molecule is COc1cc(C)c(C(Nc2ccc(C#N)cc2)C(=O)[O-])cc1C. The van der Waals surface area contributed by atoms with Crippen molar-refractivity contribution in [3.8, 4) is 11.8 Å². The maximum Gasteiger partial charge on any atom is 0.122 e. The fourth-order valence-corrected chi connectivity index (χ4v) is 2.41. The summed E-state index contributed by atoms with van der Waals surface area (Å²) in [5, 5.41) is 23.3. The Morgan fingerprint density at radius 3 is 2.39 bits per heavy atom. The van der Waals surface area contributed by atoms with Gasteiger partial charge in [0.25, 0.3) is 0 Å². The zero-order valence-electron chi connectivity index (χ0n) is 13.2.